The van der Waals surface area contributed by atoms with Crippen LogP contribution < -0.4 is 5.32 Å². The lowest BCUT2D eigenvalue weighted by atomic mass is 10.1. The van der Waals surface area contributed by atoms with Crippen LogP contribution in [-0.4, -0.2) is 19.5 Å². The van der Waals surface area contributed by atoms with E-state index in [9.17, 15) is 13.2 Å². The molecule has 1 N–H and O–H groups in total. The van der Waals surface area contributed by atoms with Gasteiger partial charge in [0.1, 0.15) is 5.69 Å². The van der Waals surface area contributed by atoms with Gasteiger partial charge in [0.05, 0.1) is 4.90 Å². The maximum Gasteiger partial charge on any atom is 0.293 e. The minimum absolute atomic E-state index is 0.0793. The molecule has 0 fully saturated rings. The summed E-state index contributed by atoms with van der Waals surface area (Å²) in [5.74, 6) is -0.712. The van der Waals surface area contributed by atoms with E-state index in [-0.39, 0.29) is 21.6 Å². The molecule has 0 aliphatic heterocycles. The van der Waals surface area contributed by atoms with Crippen molar-refractivity contribution in [1.82, 2.24) is 5.16 Å². The number of halogens is 1. The summed E-state index contributed by atoms with van der Waals surface area (Å²) in [5.41, 5.74) is 1.35. The zero-order chi connectivity index (χ0) is 20.4. The summed E-state index contributed by atoms with van der Waals surface area (Å²) in [7, 11) is -3.85. The number of sulfone groups is 1. The third-order valence-electron chi connectivity index (χ3n) is 4.01. The van der Waals surface area contributed by atoms with Gasteiger partial charge in [0, 0.05) is 16.1 Å². The molecule has 4 aromatic rings. The lowest BCUT2D eigenvalue weighted by molar-refractivity contribution is 0.0988. The van der Waals surface area contributed by atoms with Crippen molar-refractivity contribution in [3.8, 4) is 11.3 Å². The highest BCUT2D eigenvalue weighted by Gasteiger charge is 2.24. The maximum atomic E-state index is 12.6. The normalized spacial score (nSPS) is 11.3. The first-order chi connectivity index (χ1) is 13.9. The second-order valence-corrected chi connectivity index (χ2v) is 8.77. The summed E-state index contributed by atoms with van der Waals surface area (Å²) >= 11 is 3.36. The largest absolute Gasteiger partial charge is 0.439 e. The van der Waals surface area contributed by atoms with E-state index in [1.54, 1.807) is 24.3 Å². The average Bonchev–Trinajstić information content (AvgIpc) is 3.39. The third-order valence-corrected chi connectivity index (χ3v) is 6.18. The molecule has 0 bridgehead atoms. The highest BCUT2D eigenvalue weighted by molar-refractivity contribution is 9.10. The zero-order valence-electron chi connectivity index (χ0n) is 14.7. The summed E-state index contributed by atoms with van der Waals surface area (Å²) in [6.07, 6.45) is 0. The zero-order valence-corrected chi connectivity index (χ0v) is 17.1. The Kier molecular flexibility index (Phi) is 5.08. The molecule has 0 aliphatic rings. The first-order valence-electron chi connectivity index (χ1n) is 8.37. The lowest BCUT2D eigenvalue weighted by Crippen LogP contribution is -2.10. The molecule has 0 aliphatic carbocycles. The number of amides is 1. The molecule has 0 unspecified atom stereocenters. The number of anilines is 1. The van der Waals surface area contributed by atoms with Crippen molar-refractivity contribution < 1.29 is 22.2 Å². The summed E-state index contributed by atoms with van der Waals surface area (Å²) in [5, 5.41) is 6.10. The molecule has 2 heterocycles. The summed E-state index contributed by atoms with van der Waals surface area (Å²) < 4.78 is 36.4. The SMILES string of the molecule is O=C(Nc1cc(-c2ccc(Br)cc2)no1)c1ccc(S(=O)(=O)c2ccccc2)o1. The van der Waals surface area contributed by atoms with Crippen molar-refractivity contribution in [2.75, 3.05) is 5.32 Å². The molecule has 0 radical (unpaired) electrons. The minimum atomic E-state index is -3.85. The van der Waals surface area contributed by atoms with Crippen LogP contribution in [0.3, 0.4) is 0 Å². The number of furan rings is 1. The van der Waals surface area contributed by atoms with Crippen molar-refractivity contribution in [2.24, 2.45) is 0 Å². The van der Waals surface area contributed by atoms with E-state index >= 15 is 0 Å². The highest BCUT2D eigenvalue weighted by Crippen LogP contribution is 2.25. The first kappa shape index (κ1) is 19.2. The van der Waals surface area contributed by atoms with E-state index in [1.165, 1.54) is 24.3 Å². The Hall–Kier alpha value is -3.17. The van der Waals surface area contributed by atoms with Gasteiger partial charge in [0.2, 0.25) is 20.8 Å². The summed E-state index contributed by atoms with van der Waals surface area (Å²) in [6.45, 7) is 0. The fraction of sp³-hybridized carbons (Fsp3) is 0. The molecule has 9 heteroatoms. The topological polar surface area (TPSA) is 102 Å². The van der Waals surface area contributed by atoms with E-state index in [0.717, 1.165) is 10.0 Å². The van der Waals surface area contributed by atoms with Crippen molar-refractivity contribution >= 4 is 37.6 Å². The van der Waals surface area contributed by atoms with Crippen LogP contribution in [0.5, 0.6) is 0 Å². The van der Waals surface area contributed by atoms with E-state index < -0.39 is 15.7 Å². The number of nitrogens with one attached hydrogen (secondary N) is 1. The standard InChI is InChI=1S/C20H13BrN2O5S/c21-14-8-6-13(7-9-14)16-12-18(28-23-16)22-20(24)17-10-11-19(27-17)29(25,26)15-4-2-1-3-5-15/h1-12H,(H,22,24). The number of hydrogen-bond donors (Lipinski definition) is 1. The molecule has 1 amide bonds. The van der Waals surface area contributed by atoms with Crippen LogP contribution in [-0.2, 0) is 9.84 Å². The van der Waals surface area contributed by atoms with E-state index in [2.05, 4.69) is 26.4 Å². The van der Waals surface area contributed by atoms with Crippen LogP contribution in [0.15, 0.2) is 96.2 Å². The number of hydrogen-bond acceptors (Lipinski definition) is 6. The van der Waals surface area contributed by atoms with Gasteiger partial charge < -0.3 is 8.94 Å². The lowest BCUT2D eigenvalue weighted by Gasteiger charge is -2.00. The highest BCUT2D eigenvalue weighted by atomic mass is 79.9. The fourth-order valence-corrected chi connectivity index (χ4v) is 4.03. The number of benzene rings is 2. The van der Waals surface area contributed by atoms with E-state index in [1.807, 2.05) is 24.3 Å². The molecule has 146 valence electrons. The second-order valence-electron chi connectivity index (χ2n) is 5.97. The first-order valence-corrected chi connectivity index (χ1v) is 10.6. The summed E-state index contributed by atoms with van der Waals surface area (Å²) in [6, 6.07) is 19.3. The molecular formula is C20H13BrN2O5S. The van der Waals surface area contributed by atoms with Crippen LogP contribution in [0.4, 0.5) is 5.88 Å². The Balaban J connectivity index is 1.51. The van der Waals surface area contributed by atoms with Gasteiger partial charge in [-0.3, -0.25) is 10.1 Å². The number of nitrogens with zero attached hydrogens (tertiary/aromatic N) is 1. The molecule has 2 aromatic heterocycles. The Morgan fingerprint density at radius 3 is 2.41 bits per heavy atom. The van der Waals surface area contributed by atoms with Gasteiger partial charge in [-0.2, -0.15) is 0 Å². The van der Waals surface area contributed by atoms with Crippen LogP contribution in [0.2, 0.25) is 0 Å². The molecule has 7 nitrogen and oxygen atoms in total. The molecule has 0 atom stereocenters. The Morgan fingerprint density at radius 1 is 0.966 bits per heavy atom. The van der Waals surface area contributed by atoms with E-state index in [4.69, 9.17) is 8.94 Å². The van der Waals surface area contributed by atoms with Gasteiger partial charge in [0.15, 0.2) is 5.76 Å². The second kappa shape index (κ2) is 7.69. The quantitative estimate of drug-likeness (QED) is 0.448. The number of aromatic nitrogens is 1. The molecule has 4 rings (SSSR count). The molecule has 0 spiro atoms. The Bertz CT molecular complexity index is 1260. The average molecular weight is 473 g/mol. The van der Waals surface area contributed by atoms with E-state index in [0.29, 0.717) is 5.69 Å². The Labute approximate surface area is 174 Å². The van der Waals surface area contributed by atoms with Gasteiger partial charge >= 0.3 is 0 Å². The van der Waals surface area contributed by atoms with Crippen LogP contribution >= 0.6 is 15.9 Å². The third kappa shape index (κ3) is 4.01. The monoisotopic (exact) mass is 472 g/mol. The Morgan fingerprint density at radius 2 is 1.69 bits per heavy atom. The predicted octanol–water partition coefficient (Wildman–Crippen LogP) is 4.78. The fourth-order valence-electron chi connectivity index (χ4n) is 2.57. The van der Waals surface area contributed by atoms with Crippen molar-refractivity contribution in [1.29, 1.82) is 0 Å². The van der Waals surface area contributed by atoms with Gasteiger partial charge in [-0.15, -0.1) is 0 Å². The molecule has 0 saturated heterocycles. The van der Waals surface area contributed by atoms with Gasteiger partial charge in [-0.1, -0.05) is 51.4 Å². The maximum absolute atomic E-state index is 12.6. The van der Waals surface area contributed by atoms with Gasteiger partial charge in [-0.25, -0.2) is 8.42 Å². The smallest absolute Gasteiger partial charge is 0.293 e. The number of carbonyl (C=O) groups excluding carboxylic acids is 1. The number of carbonyl (C=O) groups is 1. The molecule has 29 heavy (non-hydrogen) atoms. The molecule has 0 saturated carbocycles. The van der Waals surface area contributed by atoms with Crippen molar-refractivity contribution in [2.45, 2.75) is 9.99 Å². The van der Waals surface area contributed by atoms with Crippen molar-refractivity contribution in [3.63, 3.8) is 0 Å². The van der Waals surface area contributed by atoms with Crippen LogP contribution in [0.1, 0.15) is 10.6 Å². The van der Waals surface area contributed by atoms with Crippen LogP contribution in [0.25, 0.3) is 11.3 Å². The van der Waals surface area contributed by atoms with Crippen molar-refractivity contribution in [3.05, 3.63) is 83.0 Å². The predicted molar refractivity (Wildman–Crippen MR) is 108 cm³/mol. The minimum Gasteiger partial charge on any atom is -0.439 e. The van der Waals surface area contributed by atoms with Crippen LogP contribution in [0, 0.1) is 0 Å². The summed E-state index contributed by atoms with van der Waals surface area (Å²) in [4.78, 5) is 12.5. The molecule has 2 aromatic carbocycles. The number of rotatable bonds is 5. The molecular weight excluding hydrogens is 460 g/mol. The van der Waals surface area contributed by atoms with Gasteiger partial charge in [0.25, 0.3) is 5.91 Å². The van der Waals surface area contributed by atoms with Gasteiger partial charge in [-0.05, 0) is 36.4 Å².